The maximum absolute atomic E-state index is 11.2. The molecule has 112 valence electrons. The number of hydrogen-bond donors (Lipinski definition) is 2. The van der Waals surface area contributed by atoms with E-state index in [1.165, 1.54) is 18.2 Å². The number of nitrogens with zero attached hydrogens (tertiary/aromatic N) is 1. The Morgan fingerprint density at radius 1 is 1.38 bits per heavy atom. The summed E-state index contributed by atoms with van der Waals surface area (Å²) < 4.78 is 23.0. The number of hydrogen-bond acceptors (Lipinski definition) is 6. The number of thiophene rings is 1. The highest BCUT2D eigenvalue weighted by Gasteiger charge is 2.12. The Balaban J connectivity index is 2.11. The van der Waals surface area contributed by atoms with Crippen molar-refractivity contribution < 1.29 is 13.3 Å². The molecule has 0 fully saturated rings. The molecule has 0 unspecified atom stereocenters. The van der Waals surface area contributed by atoms with Crippen LogP contribution in [0.4, 0.5) is 10.7 Å². The van der Waals surface area contributed by atoms with Crippen LogP contribution in [-0.4, -0.2) is 13.3 Å². The van der Waals surface area contributed by atoms with Crippen molar-refractivity contribution in [1.82, 2.24) is 0 Å². The molecule has 0 saturated heterocycles. The maximum Gasteiger partial charge on any atom is 0.324 e. The van der Waals surface area contributed by atoms with Crippen LogP contribution in [0.15, 0.2) is 39.0 Å². The number of primary sulfonamides is 1. The highest BCUT2D eigenvalue weighted by molar-refractivity contribution is 9.10. The molecule has 0 saturated carbocycles. The summed E-state index contributed by atoms with van der Waals surface area (Å²) in [7, 11) is -3.75. The van der Waals surface area contributed by atoms with Crippen molar-refractivity contribution in [3.63, 3.8) is 0 Å². The average Bonchev–Trinajstić information content (AvgIpc) is 2.85. The molecule has 1 aromatic heterocycles. The molecule has 21 heavy (non-hydrogen) atoms. The molecular weight excluding hydrogens is 382 g/mol. The largest absolute Gasteiger partial charge is 0.380 e. The van der Waals surface area contributed by atoms with E-state index in [9.17, 15) is 18.5 Å². The standard InChI is InChI=1S/C11H10BrN3O4S2/c12-9-4-8(21(13,18)19)1-2-10(9)14-5-7-3-11(15(16)17)20-6-7/h1-4,6,14H,5H2,(H2,13,18,19). The molecule has 0 aliphatic heterocycles. The minimum Gasteiger partial charge on any atom is -0.380 e. The first-order valence-electron chi connectivity index (χ1n) is 5.55. The van der Waals surface area contributed by atoms with Crippen molar-refractivity contribution in [3.8, 4) is 0 Å². The third-order valence-electron chi connectivity index (χ3n) is 2.57. The molecule has 0 amide bonds. The van der Waals surface area contributed by atoms with Crippen molar-refractivity contribution in [1.29, 1.82) is 0 Å². The number of rotatable bonds is 5. The molecule has 2 rings (SSSR count). The molecule has 3 N–H and O–H groups in total. The van der Waals surface area contributed by atoms with Gasteiger partial charge in [0.15, 0.2) is 0 Å². The molecule has 0 bridgehead atoms. The zero-order valence-corrected chi connectivity index (χ0v) is 13.7. The number of nitro groups is 1. The van der Waals surface area contributed by atoms with Crippen LogP contribution in [0.25, 0.3) is 0 Å². The van der Waals surface area contributed by atoms with Gasteiger partial charge in [0.05, 0.1) is 9.82 Å². The third kappa shape index (κ3) is 4.00. The van der Waals surface area contributed by atoms with Crippen LogP contribution in [0.2, 0.25) is 0 Å². The van der Waals surface area contributed by atoms with Gasteiger partial charge in [0.2, 0.25) is 10.0 Å². The fourth-order valence-corrected chi connectivity index (χ4v) is 3.50. The Morgan fingerprint density at radius 2 is 2.10 bits per heavy atom. The monoisotopic (exact) mass is 391 g/mol. The lowest BCUT2D eigenvalue weighted by atomic mass is 10.3. The van der Waals surface area contributed by atoms with Crippen LogP contribution in [0, 0.1) is 10.1 Å². The predicted octanol–water partition coefficient (Wildman–Crippen LogP) is 2.68. The van der Waals surface area contributed by atoms with E-state index < -0.39 is 14.9 Å². The van der Waals surface area contributed by atoms with Gasteiger partial charge >= 0.3 is 5.00 Å². The van der Waals surface area contributed by atoms with Gasteiger partial charge in [0, 0.05) is 28.2 Å². The second kappa shape index (κ2) is 6.10. The van der Waals surface area contributed by atoms with Crippen LogP contribution < -0.4 is 10.5 Å². The summed E-state index contributed by atoms with van der Waals surface area (Å²) in [6.45, 7) is 0.387. The van der Waals surface area contributed by atoms with E-state index in [-0.39, 0.29) is 9.90 Å². The number of nitrogens with one attached hydrogen (secondary N) is 1. The summed E-state index contributed by atoms with van der Waals surface area (Å²) in [6.07, 6.45) is 0. The lowest BCUT2D eigenvalue weighted by Gasteiger charge is -2.08. The predicted molar refractivity (Wildman–Crippen MR) is 83.8 cm³/mol. The number of benzene rings is 1. The van der Waals surface area contributed by atoms with Gasteiger partial charge < -0.3 is 5.32 Å². The molecule has 1 aromatic carbocycles. The molecule has 0 atom stereocenters. The van der Waals surface area contributed by atoms with Gasteiger partial charge in [-0.25, -0.2) is 13.6 Å². The first-order valence-corrected chi connectivity index (χ1v) is 8.77. The van der Waals surface area contributed by atoms with Crippen molar-refractivity contribution in [2.24, 2.45) is 5.14 Å². The van der Waals surface area contributed by atoms with E-state index in [1.54, 1.807) is 11.4 Å². The second-order valence-corrected chi connectivity index (χ2v) is 7.40. The van der Waals surface area contributed by atoms with E-state index in [1.807, 2.05) is 0 Å². The Morgan fingerprint density at radius 3 is 2.62 bits per heavy atom. The van der Waals surface area contributed by atoms with Gasteiger partial charge in [-0.1, -0.05) is 11.3 Å². The summed E-state index contributed by atoms with van der Waals surface area (Å²) in [5.74, 6) is 0. The van der Waals surface area contributed by atoms with Gasteiger partial charge in [-0.05, 0) is 39.7 Å². The third-order valence-corrected chi connectivity index (χ3v) is 5.07. The van der Waals surface area contributed by atoms with Crippen LogP contribution in [0.3, 0.4) is 0 Å². The van der Waals surface area contributed by atoms with Gasteiger partial charge in [-0.3, -0.25) is 10.1 Å². The van der Waals surface area contributed by atoms with Gasteiger partial charge in [0.25, 0.3) is 0 Å². The van der Waals surface area contributed by atoms with Crippen LogP contribution >= 0.6 is 27.3 Å². The zero-order valence-electron chi connectivity index (χ0n) is 10.4. The van der Waals surface area contributed by atoms with Gasteiger partial charge in [-0.2, -0.15) is 0 Å². The smallest absolute Gasteiger partial charge is 0.324 e. The van der Waals surface area contributed by atoms with Crippen LogP contribution in [0.5, 0.6) is 0 Å². The highest BCUT2D eigenvalue weighted by atomic mass is 79.9. The normalized spacial score (nSPS) is 11.3. The van der Waals surface area contributed by atoms with Crippen molar-refractivity contribution in [2.75, 3.05) is 5.32 Å². The zero-order chi connectivity index (χ0) is 15.6. The van der Waals surface area contributed by atoms with Gasteiger partial charge in [0.1, 0.15) is 0 Å². The molecule has 0 aliphatic carbocycles. The quantitative estimate of drug-likeness (QED) is 0.600. The minimum atomic E-state index is -3.75. The fourth-order valence-electron chi connectivity index (χ4n) is 1.56. The first-order chi connectivity index (χ1) is 9.77. The lowest BCUT2D eigenvalue weighted by Crippen LogP contribution is -2.12. The molecule has 0 aliphatic rings. The number of sulfonamides is 1. The molecule has 2 aromatic rings. The molecular formula is C11H10BrN3O4S2. The van der Waals surface area contributed by atoms with E-state index in [4.69, 9.17) is 5.14 Å². The molecule has 10 heteroatoms. The maximum atomic E-state index is 11.2. The highest BCUT2D eigenvalue weighted by Crippen LogP contribution is 2.27. The fraction of sp³-hybridized carbons (Fsp3) is 0.0909. The summed E-state index contributed by atoms with van der Waals surface area (Å²) in [4.78, 5) is 10.2. The molecule has 1 heterocycles. The average molecular weight is 392 g/mol. The molecule has 0 radical (unpaired) electrons. The summed E-state index contributed by atoms with van der Waals surface area (Å²) in [5, 5.41) is 20.5. The SMILES string of the molecule is NS(=O)(=O)c1ccc(NCc2csc([N+](=O)[O-])c2)c(Br)c1. The number of anilines is 1. The number of nitrogens with two attached hydrogens (primary N) is 1. The van der Waals surface area contributed by atoms with Gasteiger partial charge in [-0.15, -0.1) is 0 Å². The Bertz CT molecular complexity index is 789. The first kappa shape index (κ1) is 15.9. The van der Waals surface area contributed by atoms with Crippen LogP contribution in [0.1, 0.15) is 5.56 Å². The van der Waals surface area contributed by atoms with E-state index in [0.29, 0.717) is 16.7 Å². The van der Waals surface area contributed by atoms with Crippen molar-refractivity contribution in [2.45, 2.75) is 11.4 Å². The lowest BCUT2D eigenvalue weighted by molar-refractivity contribution is -0.380. The van der Waals surface area contributed by atoms with E-state index >= 15 is 0 Å². The Hall–Kier alpha value is -1.49. The number of halogens is 1. The molecule has 7 nitrogen and oxygen atoms in total. The Labute approximate surface area is 133 Å². The second-order valence-electron chi connectivity index (χ2n) is 4.09. The topological polar surface area (TPSA) is 115 Å². The Kier molecular flexibility index (Phi) is 4.61. The van der Waals surface area contributed by atoms with Crippen molar-refractivity contribution in [3.05, 3.63) is 49.8 Å². The molecule has 0 spiro atoms. The van der Waals surface area contributed by atoms with Crippen molar-refractivity contribution >= 4 is 48.0 Å². The summed E-state index contributed by atoms with van der Waals surface area (Å²) in [6, 6.07) is 5.85. The van der Waals surface area contributed by atoms with E-state index in [2.05, 4.69) is 21.2 Å². The summed E-state index contributed by atoms with van der Waals surface area (Å²) in [5.41, 5.74) is 1.44. The van der Waals surface area contributed by atoms with E-state index in [0.717, 1.165) is 16.9 Å². The minimum absolute atomic E-state index is 0.00564. The van der Waals surface area contributed by atoms with Crippen LogP contribution in [-0.2, 0) is 16.6 Å². The summed E-state index contributed by atoms with van der Waals surface area (Å²) >= 11 is 4.31.